The van der Waals surface area contributed by atoms with Crippen molar-refractivity contribution < 1.29 is 0 Å². The predicted octanol–water partition coefficient (Wildman–Crippen LogP) is 12.7. The maximum Gasteiger partial charge on any atom is 0.0230 e. The van der Waals surface area contributed by atoms with Gasteiger partial charge in [0.05, 0.1) is 0 Å². The number of nitrogens with one attached hydrogen (secondary N) is 1. The lowest BCUT2D eigenvalue weighted by Crippen LogP contribution is -2.36. The number of hydrogen-bond donors (Lipinski definition) is 1. The van der Waals surface area contributed by atoms with Crippen molar-refractivity contribution in [2.45, 2.75) is 132 Å². The monoisotopic (exact) mass is 605 g/mol. The summed E-state index contributed by atoms with van der Waals surface area (Å²) in [6, 6.07) is 17.0. The van der Waals surface area contributed by atoms with E-state index in [1.807, 2.05) is 13.8 Å². The van der Waals surface area contributed by atoms with E-state index in [-0.39, 0.29) is 0 Å². The highest BCUT2D eigenvalue weighted by molar-refractivity contribution is 5.83. The van der Waals surface area contributed by atoms with Gasteiger partial charge in [0.15, 0.2) is 0 Å². The molecule has 2 aromatic carbocycles. The molecule has 1 aliphatic carbocycles. The molecular formula is C44H63N. The third-order valence-corrected chi connectivity index (χ3v) is 8.44. The molecule has 0 amide bonds. The molecule has 244 valence electrons. The molecule has 2 aromatic rings. The topological polar surface area (TPSA) is 12.0 Å². The Labute approximate surface area is 278 Å². The highest BCUT2D eigenvalue weighted by Crippen LogP contribution is 2.34. The van der Waals surface area contributed by atoms with E-state index in [0.29, 0.717) is 12.1 Å². The van der Waals surface area contributed by atoms with Gasteiger partial charge >= 0.3 is 0 Å². The zero-order chi connectivity index (χ0) is 33.4. The summed E-state index contributed by atoms with van der Waals surface area (Å²) in [6.45, 7) is 28.0. The number of hydrogen-bond acceptors (Lipinski definition) is 1. The van der Waals surface area contributed by atoms with Crippen molar-refractivity contribution in [2.75, 3.05) is 0 Å². The Hall–Kier alpha value is -3.16. The van der Waals surface area contributed by atoms with Gasteiger partial charge in [-0.1, -0.05) is 131 Å². The third kappa shape index (κ3) is 12.6. The van der Waals surface area contributed by atoms with Crippen LogP contribution in [0.2, 0.25) is 0 Å². The molecule has 1 heterocycles. The van der Waals surface area contributed by atoms with Crippen LogP contribution < -0.4 is 5.32 Å². The van der Waals surface area contributed by atoms with Gasteiger partial charge in [0.25, 0.3) is 0 Å². The lowest BCUT2D eigenvalue weighted by atomic mass is 9.85. The Bertz CT molecular complexity index is 1360. The van der Waals surface area contributed by atoms with Crippen LogP contribution in [0.1, 0.15) is 128 Å². The molecule has 45 heavy (non-hydrogen) atoms. The minimum Gasteiger partial charge on any atom is -0.308 e. The second-order valence-corrected chi connectivity index (χ2v) is 12.9. The lowest BCUT2D eigenvalue weighted by molar-refractivity contribution is 0.506. The predicted molar refractivity (Wildman–Crippen MR) is 204 cm³/mol. The van der Waals surface area contributed by atoms with E-state index >= 15 is 0 Å². The maximum atomic E-state index is 4.53. The van der Waals surface area contributed by atoms with E-state index in [9.17, 15) is 0 Å². The van der Waals surface area contributed by atoms with E-state index in [1.165, 1.54) is 67.7 Å². The van der Waals surface area contributed by atoms with Gasteiger partial charge < -0.3 is 5.32 Å². The van der Waals surface area contributed by atoms with Gasteiger partial charge in [-0.05, 0) is 124 Å². The standard InChI is InChI=1S/C28H38.C14H19N.C2H6/c1-7-9-14-28(23(6)25-13-10-12-22(5)19-25)27-18-17-24(11-8-2)26(20-27)16-15-21(3)4;1-10-4-6-13(7-5-10)14-8-11(2)15-12(3)9-14;1-2/h12,14,17-20H,3,6-11,13,15-16H2,1-2,4-5H3;4-8,11-12,15H,9H2,1-3H3;1-2H3/b28-14+;;. The van der Waals surface area contributed by atoms with Crippen LogP contribution in [0.4, 0.5) is 0 Å². The van der Waals surface area contributed by atoms with Crippen molar-refractivity contribution in [1.82, 2.24) is 5.32 Å². The van der Waals surface area contributed by atoms with Gasteiger partial charge in [-0.3, -0.25) is 0 Å². The lowest BCUT2D eigenvalue weighted by Gasteiger charge is -2.26. The van der Waals surface area contributed by atoms with E-state index in [1.54, 1.807) is 0 Å². The molecule has 2 unspecified atom stereocenters. The number of rotatable bonds is 11. The molecule has 1 aliphatic heterocycles. The van der Waals surface area contributed by atoms with E-state index in [2.05, 4.69) is 134 Å². The summed E-state index contributed by atoms with van der Waals surface area (Å²) in [6.07, 6.45) is 19.4. The Morgan fingerprint density at radius 1 is 0.933 bits per heavy atom. The number of unbranched alkanes of at least 4 members (excludes halogenated alkanes) is 1. The molecule has 4 rings (SSSR count). The average Bonchev–Trinajstić information content (AvgIpc) is 3.02. The average molecular weight is 606 g/mol. The van der Waals surface area contributed by atoms with E-state index < -0.39 is 0 Å². The largest absolute Gasteiger partial charge is 0.308 e. The molecule has 2 aliphatic rings. The molecule has 0 spiro atoms. The van der Waals surface area contributed by atoms with Crippen molar-refractivity contribution in [1.29, 1.82) is 0 Å². The Morgan fingerprint density at radius 2 is 1.64 bits per heavy atom. The van der Waals surface area contributed by atoms with Crippen LogP contribution in [0.3, 0.4) is 0 Å². The first-order valence-electron chi connectivity index (χ1n) is 17.7. The van der Waals surface area contributed by atoms with Crippen molar-refractivity contribution in [2.24, 2.45) is 0 Å². The second-order valence-electron chi connectivity index (χ2n) is 12.9. The summed E-state index contributed by atoms with van der Waals surface area (Å²) in [5, 5.41) is 3.51. The van der Waals surface area contributed by atoms with Crippen LogP contribution in [0, 0.1) is 6.92 Å². The van der Waals surface area contributed by atoms with Crippen molar-refractivity contribution >= 4 is 11.1 Å². The first-order valence-corrected chi connectivity index (χ1v) is 17.7. The van der Waals surface area contributed by atoms with Gasteiger partial charge in [-0.25, -0.2) is 0 Å². The summed E-state index contributed by atoms with van der Waals surface area (Å²) in [7, 11) is 0. The summed E-state index contributed by atoms with van der Waals surface area (Å²) in [5.74, 6) is 0. The fourth-order valence-corrected chi connectivity index (χ4v) is 6.10. The SMILES string of the molecule is C=C(C)CCc1cc(/C(=C/CCC)C(=C)C2=CC(C)=CCC2)ccc1CCC.CC.Cc1ccc(C2=CC(C)NC(C)C2)cc1. The Kier molecular flexibility index (Phi) is 17.0. The first-order chi connectivity index (χ1) is 21.6. The molecular weight excluding hydrogens is 542 g/mol. The van der Waals surface area contributed by atoms with E-state index in [4.69, 9.17) is 0 Å². The molecule has 2 atom stereocenters. The van der Waals surface area contributed by atoms with Gasteiger partial charge in [-0.2, -0.15) is 0 Å². The van der Waals surface area contributed by atoms with Crippen LogP contribution in [-0.2, 0) is 12.8 Å². The highest BCUT2D eigenvalue weighted by atomic mass is 14.9. The number of aryl methyl sites for hydroxylation is 3. The van der Waals surface area contributed by atoms with Gasteiger partial charge in [0.2, 0.25) is 0 Å². The number of allylic oxidation sites excluding steroid dienone is 8. The smallest absolute Gasteiger partial charge is 0.0230 e. The van der Waals surface area contributed by atoms with Crippen LogP contribution in [0.15, 0.2) is 102 Å². The molecule has 0 aromatic heterocycles. The van der Waals surface area contributed by atoms with Gasteiger partial charge in [0.1, 0.15) is 0 Å². The number of benzene rings is 2. The summed E-state index contributed by atoms with van der Waals surface area (Å²) < 4.78 is 0. The fourth-order valence-electron chi connectivity index (χ4n) is 6.10. The zero-order valence-corrected chi connectivity index (χ0v) is 30.3. The quantitative estimate of drug-likeness (QED) is 0.198. The van der Waals surface area contributed by atoms with Crippen molar-refractivity contribution in [3.8, 4) is 0 Å². The van der Waals surface area contributed by atoms with Crippen LogP contribution >= 0.6 is 0 Å². The van der Waals surface area contributed by atoms with Crippen LogP contribution in [-0.4, -0.2) is 12.1 Å². The van der Waals surface area contributed by atoms with Gasteiger partial charge in [0, 0.05) is 12.1 Å². The molecule has 0 saturated heterocycles. The summed E-state index contributed by atoms with van der Waals surface area (Å²) in [5.41, 5.74) is 15.0. The van der Waals surface area contributed by atoms with E-state index in [0.717, 1.165) is 51.4 Å². The molecule has 1 N–H and O–H groups in total. The summed E-state index contributed by atoms with van der Waals surface area (Å²) in [4.78, 5) is 0. The maximum absolute atomic E-state index is 4.53. The molecule has 0 radical (unpaired) electrons. The third-order valence-electron chi connectivity index (χ3n) is 8.44. The minimum absolute atomic E-state index is 0.491. The zero-order valence-electron chi connectivity index (χ0n) is 30.3. The fraction of sp³-hybridized carbons (Fsp3) is 0.455. The van der Waals surface area contributed by atoms with Crippen LogP contribution in [0.5, 0.6) is 0 Å². The summed E-state index contributed by atoms with van der Waals surface area (Å²) >= 11 is 0. The molecule has 1 nitrogen and oxygen atoms in total. The molecule has 0 bridgehead atoms. The second kappa shape index (κ2) is 20.1. The van der Waals surface area contributed by atoms with Crippen molar-refractivity contribution in [3.05, 3.63) is 130 Å². The van der Waals surface area contributed by atoms with Crippen LogP contribution in [0.25, 0.3) is 11.1 Å². The normalized spacial score (nSPS) is 17.9. The molecule has 0 saturated carbocycles. The highest BCUT2D eigenvalue weighted by Gasteiger charge is 2.16. The Balaban J connectivity index is 0.000000347. The molecule has 0 fully saturated rings. The molecule has 1 heteroatoms. The van der Waals surface area contributed by atoms with Gasteiger partial charge in [-0.15, -0.1) is 6.58 Å². The minimum atomic E-state index is 0.491. The Morgan fingerprint density at radius 3 is 2.24 bits per heavy atom. The van der Waals surface area contributed by atoms with Crippen molar-refractivity contribution in [3.63, 3.8) is 0 Å². The first kappa shape index (κ1) is 38.0.